The lowest BCUT2D eigenvalue weighted by molar-refractivity contribution is 0.978. The van der Waals surface area contributed by atoms with Crippen LogP contribution in [0.4, 0.5) is 0 Å². The van der Waals surface area contributed by atoms with E-state index < -0.39 is 0 Å². The molecule has 0 atom stereocenters. The average Bonchev–Trinajstić information content (AvgIpc) is 2.58. The second-order valence-electron chi connectivity index (χ2n) is 5.86. The van der Waals surface area contributed by atoms with Crippen molar-refractivity contribution in [2.75, 3.05) is 0 Å². The Morgan fingerprint density at radius 1 is 0.708 bits per heavy atom. The van der Waals surface area contributed by atoms with Crippen molar-refractivity contribution in [2.24, 2.45) is 9.98 Å². The Hall–Kier alpha value is -1.52. The summed E-state index contributed by atoms with van der Waals surface area (Å²) in [4.78, 5) is 11.3. The maximum atomic E-state index is 4.66. The molecule has 2 aromatic carbocycles. The predicted octanol–water partition coefficient (Wildman–Crippen LogP) is 5.67. The van der Waals surface area contributed by atoms with Crippen LogP contribution in [0.3, 0.4) is 0 Å². The van der Waals surface area contributed by atoms with Crippen molar-refractivity contribution in [1.29, 1.82) is 0 Å². The molecular weight excluding hydrogens is 332 g/mol. The van der Waals surface area contributed by atoms with Gasteiger partial charge in [-0.1, -0.05) is 36.4 Å². The zero-order chi connectivity index (χ0) is 17.4. The van der Waals surface area contributed by atoms with E-state index in [-0.39, 0.29) is 0 Å². The molecule has 0 fully saturated rings. The van der Waals surface area contributed by atoms with Crippen LogP contribution in [0, 0.1) is 0 Å². The van der Waals surface area contributed by atoms with Gasteiger partial charge in [-0.05, 0) is 49.9 Å². The summed E-state index contributed by atoms with van der Waals surface area (Å²) in [5.41, 5.74) is 4.62. The van der Waals surface area contributed by atoms with Crippen molar-refractivity contribution in [3.8, 4) is 0 Å². The lowest BCUT2D eigenvalue weighted by atomic mass is 10.1. The molecule has 0 heterocycles. The smallest absolute Gasteiger partial charge is 0.0649 e. The zero-order valence-electron chi connectivity index (χ0n) is 14.2. The highest BCUT2D eigenvalue weighted by Gasteiger charge is 2.00. The van der Waals surface area contributed by atoms with Gasteiger partial charge in [-0.15, -0.1) is 25.3 Å². The third kappa shape index (κ3) is 6.17. The fourth-order valence-corrected chi connectivity index (χ4v) is 2.71. The number of hydrogen-bond donors (Lipinski definition) is 2. The van der Waals surface area contributed by atoms with Gasteiger partial charge >= 0.3 is 0 Å². The molecular formula is C20H24N2S2. The minimum Gasteiger partial charge on any atom is -0.290 e. The number of hydrogen-bond acceptors (Lipinski definition) is 4. The van der Waals surface area contributed by atoms with Crippen LogP contribution in [0.5, 0.6) is 0 Å². The van der Waals surface area contributed by atoms with Gasteiger partial charge in [-0.2, -0.15) is 0 Å². The summed E-state index contributed by atoms with van der Waals surface area (Å²) in [5.74, 6) is 0. The Morgan fingerprint density at radius 3 is 1.46 bits per heavy atom. The Kier molecular flexibility index (Phi) is 7.60. The zero-order valence-corrected chi connectivity index (χ0v) is 16.0. The highest BCUT2D eigenvalue weighted by molar-refractivity contribution is 7.80. The normalized spacial score (nSPS) is 12.5. The van der Waals surface area contributed by atoms with E-state index >= 15 is 0 Å². The van der Waals surface area contributed by atoms with Gasteiger partial charge in [0.15, 0.2) is 0 Å². The molecule has 0 saturated heterocycles. The summed E-state index contributed by atoms with van der Waals surface area (Å²) in [7, 11) is 0. The van der Waals surface area contributed by atoms with Crippen LogP contribution in [0.1, 0.15) is 37.8 Å². The third-order valence-corrected chi connectivity index (χ3v) is 4.74. The Bertz CT molecular complexity index is 672. The molecule has 2 nitrogen and oxygen atoms in total. The van der Waals surface area contributed by atoms with Crippen LogP contribution in [-0.2, 0) is 13.1 Å². The maximum Gasteiger partial charge on any atom is 0.0649 e. The first-order valence-electron chi connectivity index (χ1n) is 8.10. The lowest BCUT2D eigenvalue weighted by Gasteiger charge is -2.05. The van der Waals surface area contributed by atoms with Gasteiger partial charge < -0.3 is 0 Å². The molecule has 0 bridgehead atoms. The van der Waals surface area contributed by atoms with Crippen molar-refractivity contribution in [2.45, 2.75) is 49.6 Å². The minimum absolute atomic E-state index is 0.689. The van der Waals surface area contributed by atoms with Crippen molar-refractivity contribution < 1.29 is 0 Å². The van der Waals surface area contributed by atoms with Gasteiger partial charge in [0.2, 0.25) is 0 Å². The van der Waals surface area contributed by atoms with E-state index in [9.17, 15) is 0 Å². The molecule has 0 aliphatic rings. The van der Waals surface area contributed by atoms with E-state index in [0.29, 0.717) is 13.1 Å². The summed E-state index contributed by atoms with van der Waals surface area (Å²) in [6.07, 6.45) is 1.87. The van der Waals surface area contributed by atoms with E-state index in [1.807, 2.05) is 36.4 Å². The quantitative estimate of drug-likeness (QED) is 0.472. The number of aliphatic imine (C=N–C) groups is 2. The molecule has 126 valence electrons. The van der Waals surface area contributed by atoms with Crippen molar-refractivity contribution in [1.82, 2.24) is 0 Å². The number of thiol groups is 2. The Balaban J connectivity index is 1.83. The Morgan fingerprint density at radius 2 is 1.08 bits per heavy atom. The summed E-state index contributed by atoms with van der Waals surface area (Å²) >= 11 is 8.92. The largest absolute Gasteiger partial charge is 0.290 e. The van der Waals surface area contributed by atoms with Crippen LogP contribution in [0.15, 0.2) is 68.3 Å². The van der Waals surface area contributed by atoms with Crippen LogP contribution >= 0.6 is 25.3 Å². The van der Waals surface area contributed by atoms with Gasteiger partial charge in [-0.25, -0.2) is 0 Å². The summed E-state index contributed by atoms with van der Waals surface area (Å²) < 4.78 is 0. The average molecular weight is 357 g/mol. The number of nitrogens with zero attached hydrogens (tertiary/aromatic N) is 2. The molecule has 0 aliphatic heterocycles. The molecule has 0 spiro atoms. The van der Waals surface area contributed by atoms with Gasteiger partial charge in [-0.3, -0.25) is 9.98 Å². The maximum absolute atomic E-state index is 4.66. The van der Waals surface area contributed by atoms with E-state index in [4.69, 9.17) is 0 Å². The topological polar surface area (TPSA) is 24.7 Å². The molecule has 0 aliphatic carbocycles. The summed E-state index contributed by atoms with van der Waals surface area (Å²) in [6.45, 7) is 5.54. The first-order chi connectivity index (χ1) is 11.6. The van der Waals surface area contributed by atoms with Crippen LogP contribution < -0.4 is 0 Å². The van der Waals surface area contributed by atoms with Gasteiger partial charge in [0.1, 0.15) is 0 Å². The first-order valence-corrected chi connectivity index (χ1v) is 8.99. The molecule has 0 aromatic heterocycles. The Labute approximate surface area is 156 Å². The monoisotopic (exact) mass is 356 g/mol. The number of rotatable bonds is 7. The van der Waals surface area contributed by atoms with Gasteiger partial charge in [0, 0.05) is 21.2 Å². The standard InChI is InChI=1S/C20H24N2S2/c1-15(21-13-17-7-3-5-9-19(17)23)11-12-16(2)22-14-18-8-4-6-10-20(18)24/h3-10,23-24H,11-14H2,1-2H3. The predicted molar refractivity (Wildman–Crippen MR) is 110 cm³/mol. The van der Waals surface area contributed by atoms with Gasteiger partial charge in [0.25, 0.3) is 0 Å². The SMILES string of the molecule is CC(CCC(C)=NCc1ccccc1S)=NCc1ccccc1S. The van der Waals surface area contributed by atoms with E-state index in [1.165, 1.54) is 0 Å². The molecule has 24 heavy (non-hydrogen) atoms. The highest BCUT2D eigenvalue weighted by atomic mass is 32.1. The molecule has 0 radical (unpaired) electrons. The second-order valence-corrected chi connectivity index (χ2v) is 6.82. The second kappa shape index (κ2) is 9.70. The molecule has 0 unspecified atom stereocenters. The lowest BCUT2D eigenvalue weighted by Crippen LogP contribution is -2.00. The van der Waals surface area contributed by atoms with Crippen molar-refractivity contribution >= 4 is 36.7 Å². The molecule has 0 N–H and O–H groups in total. The highest BCUT2D eigenvalue weighted by Crippen LogP contribution is 2.15. The van der Waals surface area contributed by atoms with E-state index in [1.54, 1.807) is 0 Å². The van der Waals surface area contributed by atoms with Crippen molar-refractivity contribution in [3.63, 3.8) is 0 Å². The van der Waals surface area contributed by atoms with E-state index in [2.05, 4.69) is 61.2 Å². The minimum atomic E-state index is 0.689. The third-order valence-electron chi connectivity index (χ3n) is 3.87. The molecule has 0 saturated carbocycles. The molecule has 4 heteroatoms. The van der Waals surface area contributed by atoms with Crippen LogP contribution in [0.25, 0.3) is 0 Å². The molecule has 2 aromatic rings. The fourth-order valence-electron chi connectivity index (χ4n) is 2.25. The fraction of sp³-hybridized carbons (Fsp3) is 0.300. The van der Waals surface area contributed by atoms with Crippen LogP contribution in [-0.4, -0.2) is 11.4 Å². The summed E-state index contributed by atoms with van der Waals surface area (Å²) in [5, 5.41) is 0. The number of benzene rings is 2. The van der Waals surface area contributed by atoms with E-state index in [0.717, 1.165) is 45.2 Å². The first kappa shape index (κ1) is 18.8. The molecule has 2 rings (SSSR count). The molecule has 0 amide bonds. The van der Waals surface area contributed by atoms with Crippen LogP contribution in [0.2, 0.25) is 0 Å². The van der Waals surface area contributed by atoms with Crippen molar-refractivity contribution in [3.05, 3.63) is 59.7 Å². The summed E-state index contributed by atoms with van der Waals surface area (Å²) in [6, 6.07) is 16.2. The van der Waals surface area contributed by atoms with Gasteiger partial charge in [0.05, 0.1) is 13.1 Å².